The molecule has 15 rings (SSSR count). The molecule has 0 saturated heterocycles. The van der Waals surface area contributed by atoms with E-state index in [1.807, 2.05) is 59.9 Å². The van der Waals surface area contributed by atoms with Crippen molar-refractivity contribution in [2.75, 3.05) is 9.80 Å². The Morgan fingerprint density at radius 3 is 1.39 bits per heavy atom. The average molecular weight is 916 g/mol. The molecule has 0 spiro atoms. The summed E-state index contributed by atoms with van der Waals surface area (Å²) in [4.78, 5) is 9.42. The third-order valence-corrected chi connectivity index (χ3v) is 15.0. The predicted molar refractivity (Wildman–Crippen MR) is 291 cm³/mol. The Labute approximate surface area is 404 Å². The van der Waals surface area contributed by atoms with Crippen LogP contribution in [0.3, 0.4) is 0 Å². The van der Waals surface area contributed by atoms with Gasteiger partial charge >= 0.3 is 0 Å². The summed E-state index contributed by atoms with van der Waals surface area (Å²) in [6.45, 7) is 0. The number of nitrogens with zero attached hydrogens (tertiary/aromatic N) is 3. The third kappa shape index (κ3) is 6.15. The second-order valence-corrected chi connectivity index (χ2v) is 19.0. The highest BCUT2D eigenvalue weighted by Crippen LogP contribution is 2.45. The van der Waals surface area contributed by atoms with E-state index in [1.165, 1.54) is 30.9 Å². The van der Waals surface area contributed by atoms with E-state index in [-0.39, 0.29) is 0 Å². The molecule has 0 aliphatic rings. The smallest absolute Gasteiger partial charge is 0.227 e. The SMILES string of the molecule is c1ccc2oc(-c3ccc(N(c4ccc5c(ccc6cc(N(c7ccc8c(c7)oc7ccccc78)c7ccc8sc9ccccc9c8c7)ccc65)c4)c4ccc5c(c4)oc4ccccc45)cc3)nc2c1. The fourth-order valence-electron chi connectivity index (χ4n) is 10.5. The van der Waals surface area contributed by atoms with Crippen molar-refractivity contribution >= 4 is 142 Å². The number of benzene rings is 11. The molecule has 0 aliphatic carbocycles. The zero-order chi connectivity index (χ0) is 45.9. The van der Waals surface area contributed by atoms with Crippen LogP contribution in [0, 0.1) is 0 Å². The summed E-state index contributed by atoms with van der Waals surface area (Å²) in [5.41, 5.74) is 12.1. The van der Waals surface area contributed by atoms with Crippen molar-refractivity contribution in [1.29, 1.82) is 0 Å². The van der Waals surface area contributed by atoms with Crippen molar-refractivity contribution in [3.8, 4) is 11.5 Å². The first-order valence-corrected chi connectivity index (χ1v) is 24.2. The van der Waals surface area contributed by atoms with Crippen LogP contribution >= 0.6 is 11.3 Å². The van der Waals surface area contributed by atoms with E-state index in [4.69, 9.17) is 18.2 Å². The Balaban J connectivity index is 0.851. The summed E-state index contributed by atoms with van der Waals surface area (Å²) in [5, 5.41) is 11.6. The van der Waals surface area contributed by atoms with Gasteiger partial charge in [-0.1, -0.05) is 91.0 Å². The van der Waals surface area contributed by atoms with Gasteiger partial charge in [0, 0.05) is 93.5 Å². The summed E-state index contributed by atoms with van der Waals surface area (Å²) in [6.07, 6.45) is 0. The summed E-state index contributed by atoms with van der Waals surface area (Å²) in [5.74, 6) is 0.594. The molecule has 15 aromatic rings. The Morgan fingerprint density at radius 2 is 0.757 bits per heavy atom. The molecule has 0 aliphatic heterocycles. The lowest BCUT2D eigenvalue weighted by Crippen LogP contribution is -2.10. The maximum atomic E-state index is 6.46. The van der Waals surface area contributed by atoms with E-state index in [0.29, 0.717) is 5.89 Å². The quantitative estimate of drug-likeness (QED) is 0.149. The number of aromatic nitrogens is 1. The number of hydrogen-bond donors (Lipinski definition) is 0. The van der Waals surface area contributed by atoms with Crippen LogP contribution in [0.4, 0.5) is 34.1 Å². The first-order valence-electron chi connectivity index (χ1n) is 23.4. The number of hydrogen-bond acceptors (Lipinski definition) is 7. The monoisotopic (exact) mass is 915 g/mol. The molecule has 11 aromatic carbocycles. The Kier molecular flexibility index (Phi) is 8.43. The Morgan fingerprint density at radius 1 is 0.300 bits per heavy atom. The number of furan rings is 2. The number of thiophene rings is 1. The number of oxazole rings is 1. The van der Waals surface area contributed by atoms with Crippen molar-refractivity contribution < 1.29 is 13.3 Å². The van der Waals surface area contributed by atoms with Crippen LogP contribution < -0.4 is 9.80 Å². The van der Waals surface area contributed by atoms with Crippen molar-refractivity contribution in [2.24, 2.45) is 0 Å². The van der Waals surface area contributed by atoms with Crippen LogP contribution in [0.1, 0.15) is 0 Å². The molecule has 0 saturated carbocycles. The Hall–Kier alpha value is -9.17. The minimum absolute atomic E-state index is 0.594. The van der Waals surface area contributed by atoms with Crippen LogP contribution in [0.2, 0.25) is 0 Å². The topological polar surface area (TPSA) is 58.8 Å². The van der Waals surface area contributed by atoms with Gasteiger partial charge in [0.15, 0.2) is 5.58 Å². The lowest BCUT2D eigenvalue weighted by molar-refractivity contribution is 0.620. The highest BCUT2D eigenvalue weighted by Gasteiger charge is 2.21. The molecular formula is C63H37N3O3S. The molecule has 0 radical (unpaired) electrons. The molecule has 0 bridgehead atoms. The molecule has 6 nitrogen and oxygen atoms in total. The minimum atomic E-state index is 0.594. The van der Waals surface area contributed by atoms with Crippen molar-refractivity contribution in [2.45, 2.75) is 0 Å². The first-order chi connectivity index (χ1) is 34.6. The fraction of sp³-hybridized carbons (Fsp3) is 0. The molecule has 0 atom stereocenters. The fourth-order valence-corrected chi connectivity index (χ4v) is 11.6. The lowest BCUT2D eigenvalue weighted by Gasteiger charge is -2.27. The van der Waals surface area contributed by atoms with E-state index >= 15 is 0 Å². The second-order valence-electron chi connectivity index (χ2n) is 17.9. The van der Waals surface area contributed by atoms with Gasteiger partial charge in [0.2, 0.25) is 5.89 Å². The summed E-state index contributed by atoms with van der Waals surface area (Å²) in [7, 11) is 0. The van der Waals surface area contributed by atoms with Crippen LogP contribution in [-0.2, 0) is 0 Å². The molecule has 0 N–H and O–H groups in total. The maximum absolute atomic E-state index is 6.46. The molecule has 0 fully saturated rings. The number of anilines is 6. The van der Waals surface area contributed by atoms with Gasteiger partial charge < -0.3 is 23.1 Å². The van der Waals surface area contributed by atoms with E-state index in [1.54, 1.807) is 0 Å². The number of para-hydroxylation sites is 4. The molecule has 0 amide bonds. The molecule has 328 valence electrons. The lowest BCUT2D eigenvalue weighted by atomic mass is 9.99. The third-order valence-electron chi connectivity index (χ3n) is 13.8. The van der Waals surface area contributed by atoms with E-state index in [0.717, 1.165) is 105 Å². The standard InChI is InChI=1S/C63H37N3O3S/c1-5-13-56-49(9-1)51-30-25-45(36-59(51)67-56)65(41-21-19-38(20-22-41)63-64-55-12-4-7-15-58(55)69-63)42-23-28-47-39(33-42)17-18-40-34-43(24-29-48(40)47)66(44-27-32-62-54(35-44)53-11-3-8-16-61(53)70-62)46-26-31-52-50-10-2-6-14-57(50)68-60(52)37-46/h1-37H. The van der Waals surface area contributed by atoms with Gasteiger partial charge in [0.05, 0.1) is 0 Å². The predicted octanol–water partition coefficient (Wildman–Crippen LogP) is 18.9. The van der Waals surface area contributed by atoms with Gasteiger partial charge in [0.1, 0.15) is 27.8 Å². The number of rotatable bonds is 7. The normalized spacial score (nSPS) is 12.0. The van der Waals surface area contributed by atoms with Gasteiger partial charge in [-0.15, -0.1) is 11.3 Å². The molecule has 70 heavy (non-hydrogen) atoms. The van der Waals surface area contributed by atoms with E-state index < -0.39 is 0 Å². The molecule has 4 aromatic heterocycles. The van der Waals surface area contributed by atoms with Gasteiger partial charge in [-0.2, -0.15) is 0 Å². The maximum Gasteiger partial charge on any atom is 0.227 e. The summed E-state index contributed by atoms with van der Waals surface area (Å²) < 4.78 is 21.6. The molecule has 4 heterocycles. The minimum Gasteiger partial charge on any atom is -0.456 e. The van der Waals surface area contributed by atoms with Gasteiger partial charge in [-0.25, -0.2) is 4.98 Å². The van der Waals surface area contributed by atoms with Gasteiger partial charge in [-0.3, -0.25) is 0 Å². The van der Waals surface area contributed by atoms with E-state index in [9.17, 15) is 0 Å². The van der Waals surface area contributed by atoms with Crippen LogP contribution in [-0.4, -0.2) is 4.98 Å². The van der Waals surface area contributed by atoms with Gasteiger partial charge in [0.25, 0.3) is 0 Å². The Bertz CT molecular complexity index is 4550. The zero-order valence-electron chi connectivity index (χ0n) is 37.3. The van der Waals surface area contributed by atoms with Crippen LogP contribution in [0.5, 0.6) is 0 Å². The average Bonchev–Trinajstić information content (AvgIpc) is 4.20. The zero-order valence-corrected chi connectivity index (χ0v) is 38.2. The summed E-state index contributed by atoms with van der Waals surface area (Å²) >= 11 is 1.84. The van der Waals surface area contributed by atoms with Crippen molar-refractivity contribution in [3.63, 3.8) is 0 Å². The molecular weight excluding hydrogens is 879 g/mol. The van der Waals surface area contributed by atoms with Crippen molar-refractivity contribution in [3.05, 3.63) is 224 Å². The van der Waals surface area contributed by atoms with Crippen LogP contribution in [0.15, 0.2) is 238 Å². The molecule has 7 heteroatoms. The summed E-state index contributed by atoms with van der Waals surface area (Å²) in [6, 6.07) is 79.5. The van der Waals surface area contributed by atoms with Crippen LogP contribution in [0.25, 0.3) is 108 Å². The number of fused-ring (bicyclic) bond motifs is 13. The first kappa shape index (κ1) is 38.9. The van der Waals surface area contributed by atoms with Gasteiger partial charge in [-0.05, 0) is 143 Å². The van der Waals surface area contributed by atoms with Crippen molar-refractivity contribution in [1.82, 2.24) is 4.98 Å². The molecule has 0 unspecified atom stereocenters. The highest BCUT2D eigenvalue weighted by molar-refractivity contribution is 7.25. The van der Waals surface area contributed by atoms with E-state index in [2.05, 4.69) is 186 Å². The largest absolute Gasteiger partial charge is 0.456 e. The second kappa shape index (κ2) is 15.2. The highest BCUT2D eigenvalue weighted by atomic mass is 32.1.